The van der Waals surface area contributed by atoms with Crippen LogP contribution in [0.4, 0.5) is 8.78 Å². The Hall–Kier alpha value is -2.51. The van der Waals surface area contributed by atoms with Gasteiger partial charge in [0.05, 0.1) is 24.8 Å². The van der Waals surface area contributed by atoms with Crippen LogP contribution in [0.25, 0.3) is 0 Å². The number of benzene rings is 2. The van der Waals surface area contributed by atoms with Gasteiger partial charge in [0.25, 0.3) is 5.91 Å². The van der Waals surface area contributed by atoms with Gasteiger partial charge < -0.3 is 15.2 Å². The first kappa shape index (κ1) is 18.3. The van der Waals surface area contributed by atoms with Crippen LogP contribution in [0.15, 0.2) is 42.5 Å². The SMILES string of the molecule is O=C(NC[C@@H](c1cccc(F)c1)N1CCOCC1)c1ccc(O)cc1F. The number of morpholine rings is 1. The molecule has 1 amide bonds. The summed E-state index contributed by atoms with van der Waals surface area (Å²) in [6, 6.07) is 9.35. The lowest BCUT2D eigenvalue weighted by molar-refractivity contribution is 0.0161. The van der Waals surface area contributed by atoms with E-state index in [9.17, 15) is 18.7 Å². The number of carbonyl (C=O) groups excluding carboxylic acids is 1. The normalized spacial score (nSPS) is 16.2. The standard InChI is InChI=1S/C19H20F2N2O3/c20-14-3-1-2-13(10-14)18(23-6-8-26-9-7-23)12-22-19(25)16-5-4-15(24)11-17(16)21/h1-5,10-11,18,24H,6-9,12H2,(H,22,25)/t18-/m0/s1. The highest BCUT2D eigenvalue weighted by atomic mass is 19.1. The highest BCUT2D eigenvalue weighted by Gasteiger charge is 2.24. The second-order valence-electron chi connectivity index (χ2n) is 6.09. The minimum atomic E-state index is -0.795. The van der Waals surface area contributed by atoms with Crippen molar-refractivity contribution in [2.45, 2.75) is 6.04 Å². The quantitative estimate of drug-likeness (QED) is 0.858. The molecule has 1 fully saturated rings. The van der Waals surface area contributed by atoms with Crippen molar-refractivity contribution in [3.63, 3.8) is 0 Å². The first-order chi connectivity index (χ1) is 12.5. The number of carbonyl (C=O) groups is 1. The number of rotatable bonds is 5. The maximum absolute atomic E-state index is 13.9. The lowest BCUT2D eigenvalue weighted by Crippen LogP contribution is -2.44. The van der Waals surface area contributed by atoms with Gasteiger partial charge in [0, 0.05) is 25.7 Å². The molecular weight excluding hydrogens is 342 g/mol. The van der Waals surface area contributed by atoms with E-state index in [1.807, 2.05) is 0 Å². The van der Waals surface area contributed by atoms with Crippen molar-refractivity contribution in [1.29, 1.82) is 0 Å². The molecule has 0 radical (unpaired) electrons. The Balaban J connectivity index is 1.76. The maximum Gasteiger partial charge on any atom is 0.254 e. The molecule has 2 N–H and O–H groups in total. The van der Waals surface area contributed by atoms with Gasteiger partial charge in [-0.25, -0.2) is 8.78 Å². The summed E-state index contributed by atoms with van der Waals surface area (Å²) in [6.07, 6.45) is 0. The molecule has 0 saturated carbocycles. The first-order valence-corrected chi connectivity index (χ1v) is 8.38. The van der Waals surface area contributed by atoms with Gasteiger partial charge in [-0.3, -0.25) is 9.69 Å². The summed E-state index contributed by atoms with van der Waals surface area (Å²) in [6.45, 7) is 2.64. The largest absolute Gasteiger partial charge is 0.508 e. The van der Waals surface area contributed by atoms with Gasteiger partial charge in [-0.15, -0.1) is 0 Å². The van der Waals surface area contributed by atoms with E-state index in [2.05, 4.69) is 10.2 Å². The average molecular weight is 362 g/mol. The number of nitrogens with one attached hydrogen (secondary N) is 1. The van der Waals surface area contributed by atoms with Crippen molar-refractivity contribution in [2.24, 2.45) is 0 Å². The Morgan fingerprint density at radius 1 is 1.19 bits per heavy atom. The van der Waals surface area contributed by atoms with Gasteiger partial charge >= 0.3 is 0 Å². The molecule has 0 spiro atoms. The molecule has 0 unspecified atom stereocenters. The molecule has 5 nitrogen and oxygen atoms in total. The van der Waals surface area contributed by atoms with Gasteiger partial charge in [0.2, 0.25) is 0 Å². The van der Waals surface area contributed by atoms with E-state index in [1.54, 1.807) is 12.1 Å². The lowest BCUT2D eigenvalue weighted by Gasteiger charge is -2.35. The molecule has 3 rings (SSSR count). The number of aromatic hydroxyl groups is 1. The van der Waals surface area contributed by atoms with Gasteiger partial charge in [-0.05, 0) is 29.8 Å². The van der Waals surface area contributed by atoms with Gasteiger partial charge in [-0.2, -0.15) is 0 Å². The van der Waals surface area contributed by atoms with Crippen LogP contribution >= 0.6 is 0 Å². The number of halogens is 2. The zero-order valence-corrected chi connectivity index (χ0v) is 14.1. The van der Waals surface area contributed by atoms with Crippen molar-refractivity contribution in [3.05, 3.63) is 65.2 Å². The van der Waals surface area contributed by atoms with Crippen LogP contribution in [0.3, 0.4) is 0 Å². The smallest absolute Gasteiger partial charge is 0.254 e. The molecule has 7 heteroatoms. The topological polar surface area (TPSA) is 61.8 Å². The summed E-state index contributed by atoms with van der Waals surface area (Å²) in [5, 5.41) is 12.0. The third-order valence-corrected chi connectivity index (χ3v) is 4.37. The Kier molecular flexibility index (Phi) is 5.80. The Morgan fingerprint density at radius 3 is 2.65 bits per heavy atom. The van der Waals surface area contributed by atoms with E-state index in [-0.39, 0.29) is 29.7 Å². The molecule has 0 aromatic heterocycles. The second kappa shape index (κ2) is 8.25. The summed E-state index contributed by atoms with van der Waals surface area (Å²) in [5.74, 6) is -1.98. The molecule has 1 heterocycles. The van der Waals surface area contributed by atoms with E-state index >= 15 is 0 Å². The average Bonchev–Trinajstić information content (AvgIpc) is 2.63. The number of ether oxygens (including phenoxy) is 1. The van der Waals surface area contributed by atoms with Crippen molar-refractivity contribution < 1.29 is 23.4 Å². The van der Waals surface area contributed by atoms with Crippen LogP contribution in [0.1, 0.15) is 22.0 Å². The molecule has 1 saturated heterocycles. The number of phenolic OH excluding ortho intramolecular Hbond substituents is 1. The molecule has 138 valence electrons. The molecule has 26 heavy (non-hydrogen) atoms. The fraction of sp³-hybridized carbons (Fsp3) is 0.316. The molecule has 0 aliphatic carbocycles. The molecule has 1 atom stereocenters. The van der Waals surface area contributed by atoms with Crippen LogP contribution in [0, 0.1) is 11.6 Å². The fourth-order valence-corrected chi connectivity index (χ4v) is 3.03. The van der Waals surface area contributed by atoms with Crippen LogP contribution < -0.4 is 5.32 Å². The second-order valence-corrected chi connectivity index (χ2v) is 6.09. The van der Waals surface area contributed by atoms with Crippen molar-refractivity contribution in [3.8, 4) is 5.75 Å². The highest BCUT2D eigenvalue weighted by Crippen LogP contribution is 2.22. The van der Waals surface area contributed by atoms with Crippen LogP contribution in [-0.2, 0) is 4.74 Å². The van der Waals surface area contributed by atoms with E-state index in [0.717, 1.165) is 11.6 Å². The van der Waals surface area contributed by atoms with Crippen molar-refractivity contribution in [2.75, 3.05) is 32.8 Å². The van der Waals surface area contributed by atoms with Gasteiger partial charge in [0.15, 0.2) is 0 Å². The number of phenols is 1. The molecule has 0 bridgehead atoms. The Bertz CT molecular complexity index is 779. The van der Waals surface area contributed by atoms with Crippen molar-refractivity contribution >= 4 is 5.91 Å². The first-order valence-electron chi connectivity index (χ1n) is 8.38. The minimum Gasteiger partial charge on any atom is -0.508 e. The summed E-state index contributed by atoms with van der Waals surface area (Å²) >= 11 is 0. The summed E-state index contributed by atoms with van der Waals surface area (Å²) in [5.41, 5.74) is 0.584. The number of amides is 1. The lowest BCUT2D eigenvalue weighted by atomic mass is 10.0. The van der Waals surface area contributed by atoms with Crippen molar-refractivity contribution in [1.82, 2.24) is 10.2 Å². The van der Waals surface area contributed by atoms with E-state index < -0.39 is 11.7 Å². The number of hydrogen-bond donors (Lipinski definition) is 2. The zero-order valence-electron chi connectivity index (χ0n) is 14.1. The minimum absolute atomic E-state index is 0.150. The zero-order chi connectivity index (χ0) is 18.5. The van der Waals surface area contributed by atoms with E-state index in [0.29, 0.717) is 26.3 Å². The Morgan fingerprint density at radius 2 is 1.96 bits per heavy atom. The predicted octanol–water partition coefficient (Wildman–Crippen LogP) is 2.47. The number of hydrogen-bond acceptors (Lipinski definition) is 4. The van der Waals surface area contributed by atoms with Gasteiger partial charge in [0.1, 0.15) is 17.4 Å². The molecule has 2 aromatic carbocycles. The maximum atomic E-state index is 13.9. The molecule has 1 aliphatic rings. The van der Waals surface area contributed by atoms with Crippen LogP contribution in [0.5, 0.6) is 5.75 Å². The van der Waals surface area contributed by atoms with Crippen LogP contribution in [0.2, 0.25) is 0 Å². The molecular formula is C19H20F2N2O3. The fourth-order valence-electron chi connectivity index (χ4n) is 3.03. The molecule has 1 aliphatic heterocycles. The van der Waals surface area contributed by atoms with Gasteiger partial charge in [-0.1, -0.05) is 12.1 Å². The predicted molar refractivity (Wildman–Crippen MR) is 91.9 cm³/mol. The van der Waals surface area contributed by atoms with E-state index in [1.165, 1.54) is 24.3 Å². The summed E-state index contributed by atoms with van der Waals surface area (Å²) < 4.78 is 32.9. The third kappa shape index (κ3) is 4.36. The molecule has 2 aromatic rings. The summed E-state index contributed by atoms with van der Waals surface area (Å²) in [4.78, 5) is 14.4. The highest BCUT2D eigenvalue weighted by molar-refractivity contribution is 5.94. The monoisotopic (exact) mass is 362 g/mol. The summed E-state index contributed by atoms with van der Waals surface area (Å²) in [7, 11) is 0. The Labute approximate surface area is 150 Å². The third-order valence-electron chi connectivity index (χ3n) is 4.37. The van der Waals surface area contributed by atoms with Crippen LogP contribution in [-0.4, -0.2) is 48.8 Å². The number of nitrogens with zero attached hydrogens (tertiary/aromatic N) is 1. The van der Waals surface area contributed by atoms with E-state index in [4.69, 9.17) is 4.74 Å².